The van der Waals surface area contributed by atoms with Crippen LogP contribution in [0.2, 0.25) is 18.1 Å². The number of carbonyl (C=O) groups excluding carboxylic acids is 1. The zero-order valence-electron chi connectivity index (χ0n) is 15.3. The van der Waals surface area contributed by atoms with E-state index in [1.54, 1.807) is 20.8 Å². The van der Waals surface area contributed by atoms with Gasteiger partial charge in [-0.25, -0.2) is 8.42 Å². The van der Waals surface area contributed by atoms with E-state index in [2.05, 4.69) is 39.2 Å². The lowest BCUT2D eigenvalue weighted by atomic mass is 9.96. The van der Waals surface area contributed by atoms with E-state index in [9.17, 15) is 13.2 Å². The number of hydrogen-bond donors (Lipinski definition) is 1. The number of hydrogen-bond acceptors (Lipinski definition) is 4. The van der Waals surface area contributed by atoms with Crippen LogP contribution in [0.5, 0.6) is 0 Å². The fourth-order valence-corrected chi connectivity index (χ4v) is 5.39. The third-order valence-electron chi connectivity index (χ3n) is 4.89. The van der Waals surface area contributed by atoms with Crippen LogP contribution in [0, 0.1) is 5.92 Å². The van der Waals surface area contributed by atoms with Gasteiger partial charge in [-0.3, -0.25) is 4.79 Å². The fraction of sp³-hybridized carbons (Fsp3) is 0.933. The van der Waals surface area contributed by atoms with Crippen molar-refractivity contribution in [1.29, 1.82) is 0 Å². The average molecular weight is 350 g/mol. The third kappa shape index (κ3) is 3.41. The molecular formula is C15H31NO4SSi. The van der Waals surface area contributed by atoms with E-state index in [0.717, 1.165) is 0 Å². The molecule has 1 rings (SSSR count). The average Bonchev–Trinajstić information content (AvgIpc) is 2.20. The van der Waals surface area contributed by atoms with Crippen LogP contribution in [-0.2, 0) is 19.1 Å². The first-order valence-electron chi connectivity index (χ1n) is 7.74. The van der Waals surface area contributed by atoms with Gasteiger partial charge in [-0.15, -0.1) is 0 Å². The highest BCUT2D eigenvalue weighted by atomic mass is 32.2. The Labute approximate surface area is 136 Å². The molecule has 3 atom stereocenters. The molecule has 0 radical (unpaired) electrons. The molecule has 7 heteroatoms. The number of sulfone groups is 1. The van der Waals surface area contributed by atoms with Gasteiger partial charge in [0.05, 0.1) is 16.8 Å². The molecule has 2 unspecified atom stereocenters. The van der Waals surface area contributed by atoms with Gasteiger partial charge >= 0.3 is 0 Å². The molecule has 0 aliphatic carbocycles. The summed E-state index contributed by atoms with van der Waals surface area (Å²) in [6.07, 6.45) is -0.406. The summed E-state index contributed by atoms with van der Waals surface area (Å²) in [4.78, 5) is 12.0. The predicted octanol–water partition coefficient (Wildman–Crippen LogP) is 2.68. The molecule has 5 nitrogen and oxygen atoms in total. The van der Waals surface area contributed by atoms with Crippen LogP contribution in [0.1, 0.15) is 48.5 Å². The minimum absolute atomic E-state index is 0.0138. The van der Waals surface area contributed by atoms with Crippen LogP contribution >= 0.6 is 0 Å². The number of amides is 1. The van der Waals surface area contributed by atoms with Gasteiger partial charge < -0.3 is 9.74 Å². The molecule has 0 aromatic heterocycles. The number of β-lactam (4-membered cyclic amide) rings is 1. The van der Waals surface area contributed by atoms with Gasteiger partial charge in [-0.1, -0.05) is 20.8 Å². The molecule has 0 bridgehead atoms. The van der Waals surface area contributed by atoms with Crippen LogP contribution in [-0.4, -0.2) is 38.9 Å². The fourth-order valence-electron chi connectivity index (χ4n) is 2.19. The highest BCUT2D eigenvalue weighted by molar-refractivity contribution is 7.93. The molecule has 130 valence electrons. The van der Waals surface area contributed by atoms with Gasteiger partial charge in [0.25, 0.3) is 0 Å². The highest BCUT2D eigenvalue weighted by Crippen LogP contribution is 2.40. The Morgan fingerprint density at radius 3 is 1.91 bits per heavy atom. The van der Waals surface area contributed by atoms with Crippen molar-refractivity contribution in [2.45, 2.75) is 82.8 Å². The van der Waals surface area contributed by atoms with Crippen LogP contribution in [0.3, 0.4) is 0 Å². The zero-order valence-corrected chi connectivity index (χ0v) is 17.1. The van der Waals surface area contributed by atoms with Gasteiger partial charge in [0, 0.05) is 0 Å². The van der Waals surface area contributed by atoms with Crippen molar-refractivity contribution >= 4 is 24.1 Å². The summed E-state index contributed by atoms with van der Waals surface area (Å²) in [6, 6.07) is 0. The second kappa shape index (κ2) is 5.60. The Bertz CT molecular complexity index is 543. The van der Waals surface area contributed by atoms with Crippen molar-refractivity contribution < 1.29 is 17.6 Å². The molecule has 0 saturated carbocycles. The number of rotatable bonds is 4. The van der Waals surface area contributed by atoms with Gasteiger partial charge in [0.2, 0.25) is 5.91 Å². The lowest BCUT2D eigenvalue weighted by molar-refractivity contribution is -0.136. The Kier molecular flexibility index (Phi) is 5.00. The van der Waals surface area contributed by atoms with E-state index >= 15 is 0 Å². The maximum absolute atomic E-state index is 12.6. The molecule has 1 N–H and O–H groups in total. The standard InChI is InChI=1S/C15H31NO4SSi/c1-10(20-22(8,9)15(5,6)7)11-12(17)16-13(11)21(18,19)14(2,3)4/h10-11,13H,1-9H3,(H,16,17)/t10-,11?,13?/m1/s1. The largest absolute Gasteiger partial charge is 0.413 e. The molecule has 0 spiro atoms. The zero-order chi connectivity index (χ0) is 17.7. The lowest BCUT2D eigenvalue weighted by Gasteiger charge is -2.46. The van der Waals surface area contributed by atoms with E-state index in [0.29, 0.717) is 0 Å². The molecule has 0 aromatic carbocycles. The summed E-state index contributed by atoms with van der Waals surface area (Å²) in [5, 5.41) is 1.72. The maximum Gasteiger partial charge on any atom is 0.229 e. The number of carbonyl (C=O) groups is 1. The highest BCUT2D eigenvalue weighted by Gasteiger charge is 2.55. The van der Waals surface area contributed by atoms with Gasteiger partial charge in [0.1, 0.15) is 5.37 Å². The smallest absolute Gasteiger partial charge is 0.229 e. The van der Waals surface area contributed by atoms with Gasteiger partial charge in [-0.05, 0) is 45.8 Å². The summed E-state index contributed by atoms with van der Waals surface area (Å²) >= 11 is 0. The minimum atomic E-state index is -3.45. The van der Waals surface area contributed by atoms with E-state index in [-0.39, 0.29) is 10.9 Å². The van der Waals surface area contributed by atoms with Crippen molar-refractivity contribution in [3.05, 3.63) is 0 Å². The topological polar surface area (TPSA) is 72.5 Å². The van der Waals surface area contributed by atoms with Crippen LogP contribution < -0.4 is 5.32 Å². The molecular weight excluding hydrogens is 318 g/mol. The normalized spacial score (nSPS) is 25.4. The summed E-state index contributed by atoms with van der Waals surface area (Å²) in [5.41, 5.74) is 0. The Hall–Kier alpha value is -0.403. The quantitative estimate of drug-likeness (QED) is 0.625. The first-order valence-corrected chi connectivity index (χ1v) is 12.2. The Morgan fingerprint density at radius 2 is 1.59 bits per heavy atom. The molecule has 1 aliphatic heterocycles. The molecule has 1 heterocycles. The van der Waals surface area contributed by atoms with Crippen molar-refractivity contribution in [3.8, 4) is 0 Å². The second-order valence-electron chi connectivity index (χ2n) is 8.70. The minimum Gasteiger partial charge on any atom is -0.413 e. The SMILES string of the molecule is C[C@@H](O[Si](C)(C)C(C)(C)C)C1C(=O)NC1S(=O)(=O)C(C)(C)C. The molecule has 0 aromatic rings. The van der Waals surface area contributed by atoms with E-state index in [1.165, 1.54) is 0 Å². The molecule has 1 aliphatic rings. The molecule has 22 heavy (non-hydrogen) atoms. The van der Waals surface area contributed by atoms with E-state index in [1.807, 2.05) is 6.92 Å². The van der Waals surface area contributed by atoms with Crippen molar-refractivity contribution in [2.75, 3.05) is 0 Å². The van der Waals surface area contributed by atoms with Crippen LogP contribution in [0.25, 0.3) is 0 Å². The molecule has 1 saturated heterocycles. The first kappa shape index (κ1) is 19.6. The van der Waals surface area contributed by atoms with E-state index in [4.69, 9.17) is 4.43 Å². The Morgan fingerprint density at radius 1 is 1.14 bits per heavy atom. The second-order valence-corrected chi connectivity index (χ2v) is 16.3. The van der Waals surface area contributed by atoms with Gasteiger partial charge in [-0.2, -0.15) is 0 Å². The summed E-state index contributed by atoms with van der Waals surface area (Å²) in [5.74, 6) is -0.859. The molecule has 1 amide bonds. The van der Waals surface area contributed by atoms with E-state index < -0.39 is 40.3 Å². The Balaban J connectivity index is 2.99. The number of nitrogens with one attached hydrogen (secondary N) is 1. The summed E-state index contributed by atoms with van der Waals surface area (Å²) in [6.45, 7) is 17.4. The van der Waals surface area contributed by atoms with Crippen LogP contribution in [0.4, 0.5) is 0 Å². The first-order chi connectivity index (χ1) is 9.52. The lowest BCUT2D eigenvalue weighted by Crippen LogP contribution is -2.68. The summed E-state index contributed by atoms with van der Waals surface area (Å²) < 4.78 is 30.5. The van der Waals surface area contributed by atoms with Crippen LogP contribution in [0.15, 0.2) is 0 Å². The maximum atomic E-state index is 12.6. The van der Waals surface area contributed by atoms with Crippen molar-refractivity contribution in [1.82, 2.24) is 5.32 Å². The van der Waals surface area contributed by atoms with Crippen molar-refractivity contribution in [3.63, 3.8) is 0 Å². The summed E-state index contributed by atoms with van der Waals surface area (Å²) in [7, 11) is -5.51. The molecule has 1 fully saturated rings. The predicted molar refractivity (Wildman–Crippen MR) is 91.8 cm³/mol. The van der Waals surface area contributed by atoms with Crippen molar-refractivity contribution in [2.24, 2.45) is 5.92 Å². The monoisotopic (exact) mass is 349 g/mol. The van der Waals surface area contributed by atoms with Gasteiger partial charge in [0.15, 0.2) is 18.2 Å². The third-order valence-corrected chi connectivity index (χ3v) is 12.3.